The Bertz CT molecular complexity index is 596. The van der Waals surface area contributed by atoms with Crippen LogP contribution in [0.15, 0.2) is 24.3 Å². The van der Waals surface area contributed by atoms with Gasteiger partial charge in [-0.1, -0.05) is 29.8 Å². The Hall–Kier alpha value is -1.14. The molecule has 2 aliphatic rings. The molecule has 2 fully saturated rings. The van der Waals surface area contributed by atoms with Crippen molar-refractivity contribution in [2.24, 2.45) is 11.1 Å². The van der Waals surface area contributed by atoms with Crippen LogP contribution in [0.2, 0.25) is 5.02 Å². The molecule has 1 aromatic rings. The lowest BCUT2D eigenvalue weighted by Gasteiger charge is -2.40. The van der Waals surface area contributed by atoms with E-state index < -0.39 is 5.41 Å². The zero-order valence-electron chi connectivity index (χ0n) is 14.6. The summed E-state index contributed by atoms with van der Waals surface area (Å²) in [6.45, 7) is 3.45. The minimum absolute atomic E-state index is 0.0382. The van der Waals surface area contributed by atoms with Crippen molar-refractivity contribution in [1.29, 1.82) is 0 Å². The van der Waals surface area contributed by atoms with Crippen LogP contribution in [0, 0.1) is 5.41 Å². The summed E-state index contributed by atoms with van der Waals surface area (Å²) in [5.74, 6) is 0.0382. The second-order valence-corrected chi connectivity index (χ2v) is 7.56. The second-order valence-electron chi connectivity index (χ2n) is 7.15. The fourth-order valence-corrected chi connectivity index (χ4v) is 4.25. The maximum Gasteiger partial charge on any atom is 0.227 e. The molecule has 25 heavy (non-hydrogen) atoms. The fourth-order valence-electron chi connectivity index (χ4n) is 3.92. The summed E-state index contributed by atoms with van der Waals surface area (Å²) >= 11 is 6.48. The highest BCUT2D eigenvalue weighted by Crippen LogP contribution is 2.38. The molecule has 1 aromatic carbocycles. The molecule has 0 aliphatic carbocycles. The number of rotatable bonds is 5. The van der Waals surface area contributed by atoms with Gasteiger partial charge in [-0.15, -0.1) is 0 Å². The molecule has 0 aromatic heterocycles. The van der Waals surface area contributed by atoms with Gasteiger partial charge in [0.1, 0.15) is 0 Å². The van der Waals surface area contributed by atoms with Gasteiger partial charge in [0.2, 0.25) is 5.91 Å². The Morgan fingerprint density at radius 2 is 1.68 bits per heavy atom. The normalized spacial score (nSPS) is 22.3. The van der Waals surface area contributed by atoms with Crippen molar-refractivity contribution < 1.29 is 14.3 Å². The van der Waals surface area contributed by atoms with E-state index in [-0.39, 0.29) is 11.3 Å². The fraction of sp³-hybridized carbons (Fsp3) is 0.632. The predicted molar refractivity (Wildman–Crippen MR) is 97.7 cm³/mol. The highest BCUT2D eigenvalue weighted by atomic mass is 35.5. The van der Waals surface area contributed by atoms with Crippen LogP contribution in [0.3, 0.4) is 0 Å². The van der Waals surface area contributed by atoms with Crippen molar-refractivity contribution in [3.8, 4) is 0 Å². The number of benzene rings is 1. The third-order valence-electron chi connectivity index (χ3n) is 5.80. The van der Waals surface area contributed by atoms with Crippen LogP contribution in [0.1, 0.15) is 31.2 Å². The summed E-state index contributed by atoms with van der Waals surface area (Å²) in [5.41, 5.74) is 6.35. The molecule has 2 saturated heterocycles. The highest BCUT2D eigenvalue weighted by molar-refractivity contribution is 6.31. The van der Waals surface area contributed by atoms with Gasteiger partial charge in [-0.05, 0) is 37.3 Å². The number of hydrogen-bond acceptors (Lipinski definition) is 4. The third-order valence-corrected chi connectivity index (χ3v) is 6.13. The number of nitrogens with one attached hydrogen (secondary N) is 1. The topological polar surface area (TPSA) is 73.6 Å². The number of hydrogen-bond donors (Lipinski definition) is 2. The maximum absolute atomic E-state index is 12.9. The SMILES string of the molecule is NCC1(C(=O)NCC2(c3ccccc3Cl)CCOCC2)CCOCC1. The lowest BCUT2D eigenvalue weighted by Crippen LogP contribution is -2.53. The van der Waals surface area contributed by atoms with Gasteiger partial charge in [0.25, 0.3) is 0 Å². The minimum Gasteiger partial charge on any atom is -0.381 e. The van der Waals surface area contributed by atoms with Gasteiger partial charge in [-0.2, -0.15) is 0 Å². The zero-order valence-corrected chi connectivity index (χ0v) is 15.3. The van der Waals surface area contributed by atoms with Crippen LogP contribution in [0.25, 0.3) is 0 Å². The molecule has 0 atom stereocenters. The van der Waals surface area contributed by atoms with E-state index in [9.17, 15) is 4.79 Å². The first-order valence-electron chi connectivity index (χ1n) is 9.01. The molecule has 2 heterocycles. The largest absolute Gasteiger partial charge is 0.381 e. The van der Waals surface area contributed by atoms with Gasteiger partial charge in [0.15, 0.2) is 0 Å². The Morgan fingerprint density at radius 1 is 1.08 bits per heavy atom. The van der Waals surface area contributed by atoms with E-state index in [1.165, 1.54) is 0 Å². The molecule has 3 rings (SSSR count). The van der Waals surface area contributed by atoms with Crippen molar-refractivity contribution in [2.45, 2.75) is 31.1 Å². The number of carbonyl (C=O) groups excluding carboxylic acids is 1. The minimum atomic E-state index is -0.509. The summed E-state index contributed by atoms with van der Waals surface area (Å²) in [6, 6.07) is 7.91. The van der Waals surface area contributed by atoms with E-state index in [2.05, 4.69) is 11.4 Å². The van der Waals surface area contributed by atoms with E-state index >= 15 is 0 Å². The standard InChI is InChI=1S/C19H27ClN2O3/c20-16-4-2-1-3-15(16)19(7-11-25-12-8-19)14-22-17(23)18(13-21)5-9-24-10-6-18/h1-4H,5-14,21H2,(H,22,23). The third kappa shape index (κ3) is 3.85. The number of carbonyl (C=O) groups is 1. The summed E-state index contributed by atoms with van der Waals surface area (Å²) in [6.07, 6.45) is 3.04. The Balaban J connectivity index is 1.77. The highest BCUT2D eigenvalue weighted by Gasteiger charge is 2.41. The number of halogens is 1. The van der Waals surface area contributed by atoms with Gasteiger partial charge >= 0.3 is 0 Å². The van der Waals surface area contributed by atoms with Gasteiger partial charge in [0.05, 0.1) is 5.41 Å². The number of amides is 1. The second kappa shape index (κ2) is 8.04. The Labute approximate surface area is 154 Å². The van der Waals surface area contributed by atoms with Crippen molar-refractivity contribution in [3.05, 3.63) is 34.9 Å². The van der Waals surface area contributed by atoms with Gasteiger partial charge < -0.3 is 20.5 Å². The number of nitrogens with two attached hydrogens (primary N) is 1. The Morgan fingerprint density at radius 3 is 2.28 bits per heavy atom. The van der Waals surface area contributed by atoms with Gasteiger partial charge in [-0.3, -0.25) is 4.79 Å². The summed E-state index contributed by atoms with van der Waals surface area (Å²) in [5, 5.41) is 3.94. The molecule has 0 spiro atoms. The van der Waals surface area contributed by atoms with E-state index in [1.807, 2.05) is 18.2 Å². The van der Waals surface area contributed by atoms with Crippen molar-refractivity contribution in [2.75, 3.05) is 39.5 Å². The quantitative estimate of drug-likeness (QED) is 0.838. The molecule has 0 unspecified atom stereocenters. The zero-order chi connectivity index (χ0) is 17.8. The van der Waals surface area contributed by atoms with Crippen molar-refractivity contribution in [1.82, 2.24) is 5.32 Å². The average Bonchev–Trinajstić information content (AvgIpc) is 2.67. The average molecular weight is 367 g/mol. The first-order valence-corrected chi connectivity index (χ1v) is 9.39. The first-order chi connectivity index (χ1) is 12.1. The predicted octanol–water partition coefficient (Wildman–Crippen LogP) is 2.26. The summed E-state index contributed by atoms with van der Waals surface area (Å²) < 4.78 is 11.0. The van der Waals surface area contributed by atoms with Crippen LogP contribution < -0.4 is 11.1 Å². The van der Waals surface area contributed by atoms with Gasteiger partial charge in [-0.25, -0.2) is 0 Å². The van der Waals surface area contributed by atoms with Crippen LogP contribution in [-0.2, 0) is 19.7 Å². The van der Waals surface area contributed by atoms with Crippen LogP contribution in [0.5, 0.6) is 0 Å². The lowest BCUT2D eigenvalue weighted by atomic mass is 9.73. The molecule has 138 valence electrons. The number of ether oxygens (including phenoxy) is 2. The van der Waals surface area contributed by atoms with Crippen LogP contribution in [-0.4, -0.2) is 45.4 Å². The van der Waals surface area contributed by atoms with Crippen LogP contribution in [0.4, 0.5) is 0 Å². The first kappa shape index (κ1) is 18.6. The van der Waals surface area contributed by atoms with E-state index in [0.717, 1.165) is 23.4 Å². The summed E-state index contributed by atoms with van der Waals surface area (Å²) in [7, 11) is 0. The smallest absolute Gasteiger partial charge is 0.227 e. The van der Waals surface area contributed by atoms with Crippen molar-refractivity contribution >= 4 is 17.5 Å². The lowest BCUT2D eigenvalue weighted by molar-refractivity contribution is -0.136. The summed E-state index contributed by atoms with van der Waals surface area (Å²) in [4.78, 5) is 12.9. The molecular formula is C19H27ClN2O3. The molecule has 6 heteroatoms. The molecule has 5 nitrogen and oxygen atoms in total. The molecule has 2 aliphatic heterocycles. The van der Waals surface area contributed by atoms with E-state index in [0.29, 0.717) is 52.4 Å². The van der Waals surface area contributed by atoms with E-state index in [1.54, 1.807) is 0 Å². The maximum atomic E-state index is 12.9. The monoisotopic (exact) mass is 366 g/mol. The van der Waals surface area contributed by atoms with Crippen molar-refractivity contribution in [3.63, 3.8) is 0 Å². The molecule has 3 N–H and O–H groups in total. The molecule has 0 saturated carbocycles. The molecule has 0 bridgehead atoms. The molecular weight excluding hydrogens is 340 g/mol. The Kier molecular flexibility index (Phi) is 6.00. The van der Waals surface area contributed by atoms with Gasteiger partial charge in [0, 0.05) is 50.0 Å². The van der Waals surface area contributed by atoms with Crippen LogP contribution >= 0.6 is 11.6 Å². The molecule has 0 radical (unpaired) electrons. The molecule has 1 amide bonds. The van der Waals surface area contributed by atoms with E-state index in [4.69, 9.17) is 26.8 Å².